The van der Waals surface area contributed by atoms with Crippen molar-refractivity contribution in [3.05, 3.63) is 23.4 Å². The van der Waals surface area contributed by atoms with Crippen molar-refractivity contribution in [2.45, 2.75) is 19.3 Å². The van der Waals surface area contributed by atoms with Gasteiger partial charge < -0.3 is 10.5 Å². The van der Waals surface area contributed by atoms with Gasteiger partial charge in [-0.1, -0.05) is 17.3 Å². The lowest BCUT2D eigenvalue weighted by Crippen LogP contribution is -2.27. The zero-order chi connectivity index (χ0) is 8.39. The summed E-state index contributed by atoms with van der Waals surface area (Å²) < 4.78 is 0. The molecule has 2 rings (SSSR count). The molecule has 0 radical (unpaired) electrons. The van der Waals surface area contributed by atoms with Crippen molar-refractivity contribution < 1.29 is 5.21 Å². The molecule has 0 atom stereocenters. The molecule has 0 spiro atoms. The number of rotatable bonds is 0. The van der Waals surface area contributed by atoms with E-state index in [1.807, 2.05) is 0 Å². The Morgan fingerprint density at radius 3 is 3.17 bits per heavy atom. The van der Waals surface area contributed by atoms with Crippen molar-refractivity contribution in [3.8, 4) is 0 Å². The van der Waals surface area contributed by atoms with Gasteiger partial charge in [-0.05, 0) is 24.8 Å². The van der Waals surface area contributed by atoms with Gasteiger partial charge in [0.25, 0.3) is 0 Å². The van der Waals surface area contributed by atoms with E-state index in [1.54, 1.807) is 0 Å². The van der Waals surface area contributed by atoms with E-state index in [0.717, 1.165) is 37.2 Å². The molecule has 1 aliphatic heterocycles. The predicted molar refractivity (Wildman–Crippen MR) is 47.2 cm³/mol. The topological polar surface area (TPSA) is 44.6 Å². The lowest BCUT2D eigenvalue weighted by Gasteiger charge is -2.22. The molecule has 64 valence electrons. The standard InChI is InChI=1S/C9H12N2O/c12-11-8-5-1-3-7-4-2-6-10-9(7)8/h2,4,10,12H,1,3,5-6H2/b11-8+. The summed E-state index contributed by atoms with van der Waals surface area (Å²) in [6, 6.07) is 0. The quantitative estimate of drug-likeness (QED) is 0.420. The zero-order valence-corrected chi connectivity index (χ0v) is 6.88. The van der Waals surface area contributed by atoms with Gasteiger partial charge >= 0.3 is 0 Å². The summed E-state index contributed by atoms with van der Waals surface area (Å²) >= 11 is 0. The van der Waals surface area contributed by atoms with Crippen LogP contribution >= 0.6 is 0 Å². The first-order chi connectivity index (χ1) is 5.92. The third-order valence-corrected chi connectivity index (χ3v) is 2.31. The van der Waals surface area contributed by atoms with Crippen LogP contribution in [-0.2, 0) is 0 Å². The van der Waals surface area contributed by atoms with E-state index in [9.17, 15) is 0 Å². The molecule has 1 heterocycles. The van der Waals surface area contributed by atoms with E-state index in [-0.39, 0.29) is 0 Å². The van der Waals surface area contributed by atoms with Crippen LogP contribution in [0.15, 0.2) is 28.6 Å². The van der Waals surface area contributed by atoms with Crippen molar-refractivity contribution in [3.63, 3.8) is 0 Å². The lowest BCUT2D eigenvalue weighted by molar-refractivity contribution is 0.317. The highest BCUT2D eigenvalue weighted by Gasteiger charge is 2.18. The maximum Gasteiger partial charge on any atom is 0.103 e. The summed E-state index contributed by atoms with van der Waals surface area (Å²) in [4.78, 5) is 0. The number of dihydropyridines is 1. The summed E-state index contributed by atoms with van der Waals surface area (Å²) in [5.74, 6) is 0. The number of nitrogens with one attached hydrogen (secondary N) is 1. The summed E-state index contributed by atoms with van der Waals surface area (Å²) in [6.45, 7) is 0.845. The minimum atomic E-state index is 0.806. The van der Waals surface area contributed by atoms with Gasteiger partial charge in [-0.3, -0.25) is 0 Å². The molecule has 12 heavy (non-hydrogen) atoms. The molecule has 0 amide bonds. The molecule has 0 aromatic rings. The highest BCUT2D eigenvalue weighted by molar-refractivity contribution is 6.01. The van der Waals surface area contributed by atoms with Crippen LogP contribution in [0.2, 0.25) is 0 Å². The fraction of sp³-hybridized carbons (Fsp3) is 0.444. The molecule has 1 aliphatic carbocycles. The number of oxime groups is 1. The molecular weight excluding hydrogens is 152 g/mol. The molecule has 0 aromatic heterocycles. The summed E-state index contributed by atoms with van der Waals surface area (Å²) in [5, 5.41) is 15.2. The van der Waals surface area contributed by atoms with Crippen LogP contribution in [0.25, 0.3) is 0 Å². The largest absolute Gasteiger partial charge is 0.411 e. The van der Waals surface area contributed by atoms with Gasteiger partial charge in [0.05, 0.1) is 5.70 Å². The van der Waals surface area contributed by atoms with E-state index >= 15 is 0 Å². The highest BCUT2D eigenvalue weighted by Crippen LogP contribution is 2.23. The minimum absolute atomic E-state index is 0.806. The second-order valence-electron chi connectivity index (χ2n) is 3.08. The fourth-order valence-corrected chi connectivity index (χ4v) is 1.73. The van der Waals surface area contributed by atoms with Crippen LogP contribution < -0.4 is 5.32 Å². The fourth-order valence-electron chi connectivity index (χ4n) is 1.73. The van der Waals surface area contributed by atoms with E-state index in [2.05, 4.69) is 22.6 Å². The number of nitrogens with zero attached hydrogens (tertiary/aromatic N) is 1. The van der Waals surface area contributed by atoms with Gasteiger partial charge in [-0.2, -0.15) is 0 Å². The van der Waals surface area contributed by atoms with Crippen LogP contribution in [-0.4, -0.2) is 17.5 Å². The molecule has 0 saturated heterocycles. The van der Waals surface area contributed by atoms with Crippen molar-refractivity contribution in [1.29, 1.82) is 0 Å². The minimum Gasteiger partial charge on any atom is -0.411 e. The second-order valence-corrected chi connectivity index (χ2v) is 3.08. The van der Waals surface area contributed by atoms with Gasteiger partial charge in [-0.15, -0.1) is 0 Å². The van der Waals surface area contributed by atoms with Crippen molar-refractivity contribution >= 4 is 5.71 Å². The van der Waals surface area contributed by atoms with Gasteiger partial charge in [-0.25, -0.2) is 0 Å². The maximum atomic E-state index is 8.72. The van der Waals surface area contributed by atoms with Crippen LogP contribution in [0.4, 0.5) is 0 Å². The van der Waals surface area contributed by atoms with E-state index < -0.39 is 0 Å². The summed E-state index contributed by atoms with van der Waals surface area (Å²) in [6.07, 6.45) is 7.29. The van der Waals surface area contributed by atoms with Crippen LogP contribution in [0.1, 0.15) is 19.3 Å². The summed E-state index contributed by atoms with van der Waals surface area (Å²) in [7, 11) is 0. The Bertz CT molecular complexity index is 276. The van der Waals surface area contributed by atoms with Crippen LogP contribution in [0.3, 0.4) is 0 Å². The van der Waals surface area contributed by atoms with Crippen molar-refractivity contribution in [2.75, 3.05) is 6.54 Å². The smallest absolute Gasteiger partial charge is 0.103 e. The van der Waals surface area contributed by atoms with Gasteiger partial charge in [0.1, 0.15) is 5.71 Å². The first kappa shape index (κ1) is 7.40. The number of hydrogen-bond donors (Lipinski definition) is 2. The number of hydrogen-bond acceptors (Lipinski definition) is 3. The molecular formula is C9H12N2O. The molecule has 3 nitrogen and oxygen atoms in total. The van der Waals surface area contributed by atoms with Crippen LogP contribution in [0.5, 0.6) is 0 Å². The van der Waals surface area contributed by atoms with Crippen molar-refractivity contribution in [2.24, 2.45) is 5.16 Å². The molecule has 2 aliphatic rings. The first-order valence-corrected chi connectivity index (χ1v) is 4.26. The molecule has 0 bridgehead atoms. The molecule has 2 N–H and O–H groups in total. The van der Waals surface area contributed by atoms with Crippen molar-refractivity contribution in [1.82, 2.24) is 5.32 Å². The van der Waals surface area contributed by atoms with Gasteiger partial charge in [0.15, 0.2) is 0 Å². The normalized spacial score (nSPS) is 25.5. The summed E-state index contributed by atoms with van der Waals surface area (Å²) in [5.41, 5.74) is 3.13. The van der Waals surface area contributed by atoms with E-state index in [4.69, 9.17) is 5.21 Å². The Labute approximate surface area is 71.5 Å². The Morgan fingerprint density at radius 2 is 2.33 bits per heavy atom. The Hall–Kier alpha value is -1.25. The van der Waals surface area contributed by atoms with E-state index in [0.29, 0.717) is 0 Å². The monoisotopic (exact) mass is 164 g/mol. The number of allylic oxidation sites excluding steroid dienone is 3. The molecule has 0 aromatic carbocycles. The average Bonchev–Trinajstić information content (AvgIpc) is 2.17. The Balaban J connectivity index is 2.37. The molecule has 0 unspecified atom stereocenters. The van der Waals surface area contributed by atoms with Crippen LogP contribution in [0, 0.1) is 0 Å². The molecule has 3 heteroatoms. The third-order valence-electron chi connectivity index (χ3n) is 2.31. The first-order valence-electron chi connectivity index (χ1n) is 4.26. The average molecular weight is 164 g/mol. The SMILES string of the molecule is O/N=C1\CCCC2=C1NCC=C2. The Morgan fingerprint density at radius 1 is 1.42 bits per heavy atom. The molecule has 0 saturated carbocycles. The molecule has 0 fully saturated rings. The maximum absolute atomic E-state index is 8.72. The second kappa shape index (κ2) is 3.01. The van der Waals surface area contributed by atoms with Gasteiger partial charge in [0.2, 0.25) is 0 Å². The third kappa shape index (κ3) is 1.11. The van der Waals surface area contributed by atoms with Gasteiger partial charge in [0, 0.05) is 6.54 Å². The zero-order valence-electron chi connectivity index (χ0n) is 6.88. The predicted octanol–water partition coefficient (Wildman–Crippen LogP) is 1.41. The lowest BCUT2D eigenvalue weighted by atomic mass is 9.93. The highest BCUT2D eigenvalue weighted by atomic mass is 16.4. The van der Waals surface area contributed by atoms with E-state index in [1.165, 1.54) is 5.57 Å². The Kier molecular flexibility index (Phi) is 1.86.